The van der Waals surface area contributed by atoms with E-state index in [0.29, 0.717) is 16.3 Å². The van der Waals surface area contributed by atoms with Crippen LogP contribution in [0.4, 0.5) is 20.2 Å². The molecule has 12 heteroatoms. The number of aromatic nitrogens is 4. The molecular weight excluding hydrogens is 568 g/mol. The van der Waals surface area contributed by atoms with Gasteiger partial charge in [0.2, 0.25) is 0 Å². The molecule has 0 saturated carbocycles. The maximum absolute atomic E-state index is 16.4. The zero-order valence-corrected chi connectivity index (χ0v) is 25.3. The van der Waals surface area contributed by atoms with Gasteiger partial charge < -0.3 is 19.9 Å². The number of pyridine rings is 2. The Morgan fingerprint density at radius 3 is 2.39 bits per heavy atom. The van der Waals surface area contributed by atoms with E-state index in [-0.39, 0.29) is 64.7 Å². The van der Waals surface area contributed by atoms with Crippen molar-refractivity contribution in [3.8, 4) is 22.7 Å². The normalized spacial score (nSPS) is 19.6. The van der Waals surface area contributed by atoms with E-state index in [2.05, 4.69) is 20.3 Å². The molecule has 0 spiro atoms. The van der Waals surface area contributed by atoms with E-state index >= 15 is 13.6 Å². The molecule has 3 aromatic heterocycles. The molecule has 2 atom stereocenters. The Labute approximate surface area is 257 Å². The van der Waals surface area contributed by atoms with Gasteiger partial charge in [-0.2, -0.15) is 0 Å². The largest absolute Gasteiger partial charge is 0.496 e. The van der Waals surface area contributed by atoms with Crippen LogP contribution in [0.1, 0.15) is 62.0 Å². The molecule has 0 unspecified atom stereocenters. The molecule has 0 aliphatic carbocycles. The van der Waals surface area contributed by atoms with Crippen molar-refractivity contribution in [2.24, 2.45) is 0 Å². The molecule has 1 aromatic carbocycles. The van der Waals surface area contributed by atoms with Crippen LogP contribution in [0.15, 0.2) is 35.4 Å². The number of methoxy groups -OCH3 is 1. The first-order valence-electron chi connectivity index (χ1n) is 16.0. The van der Waals surface area contributed by atoms with Crippen LogP contribution in [-0.2, 0) is 4.79 Å². The highest BCUT2D eigenvalue weighted by Crippen LogP contribution is 2.43. The lowest BCUT2D eigenvalue weighted by Gasteiger charge is -2.46. The molecule has 0 bridgehead atoms. The molecule has 1 amide bonds. The Bertz CT molecular complexity index is 1960. The average molecular weight is 607 g/mol. The number of nitrogens with zero attached hydrogens (tertiary/aromatic N) is 6. The van der Waals surface area contributed by atoms with Crippen LogP contribution in [0.5, 0.6) is 5.75 Å². The number of hydrogen-bond acceptors (Lipinski definition) is 8. The summed E-state index contributed by atoms with van der Waals surface area (Å²) in [5.41, 5.74) is -0.893. The summed E-state index contributed by atoms with van der Waals surface area (Å²) in [5.74, 6) is -3.03. The van der Waals surface area contributed by atoms with Crippen LogP contribution < -0.4 is 25.4 Å². The number of fused-ring (bicyclic) bond motifs is 5. The number of ether oxygens (including phenoxy) is 1. The van der Waals surface area contributed by atoms with Gasteiger partial charge >= 0.3 is 0 Å². The minimum atomic E-state index is -3.06. The van der Waals surface area contributed by atoms with Crippen LogP contribution in [0.3, 0.4) is 0 Å². The van der Waals surface area contributed by atoms with Crippen LogP contribution in [0, 0.1) is 11.6 Å². The lowest BCUT2D eigenvalue weighted by Crippen LogP contribution is -2.64. The molecule has 2 aliphatic rings. The number of hydrogen-bond donors (Lipinski definition) is 1. The van der Waals surface area contributed by atoms with Gasteiger partial charge in [0.15, 0.2) is 11.5 Å². The Morgan fingerprint density at radius 2 is 1.75 bits per heavy atom. The van der Waals surface area contributed by atoms with Crippen LogP contribution in [0.25, 0.3) is 28.0 Å². The van der Waals surface area contributed by atoms with E-state index in [9.17, 15) is 4.79 Å². The third-order valence-electron chi connectivity index (χ3n) is 8.20. The summed E-state index contributed by atoms with van der Waals surface area (Å²) in [7, 11) is 1.32. The second-order valence-electron chi connectivity index (χ2n) is 11.8. The second kappa shape index (κ2) is 10.9. The molecule has 4 aromatic rings. The fourth-order valence-corrected chi connectivity index (χ4v) is 6.15. The Morgan fingerprint density at radius 1 is 1.05 bits per heavy atom. The standard InChI is InChI=1S/C32H35F2N7O3/c1-15(2)24-28(25(16(3)4)37-14-36-24)41-30-18(11-20(34)26(38-30)23-19(33)9-8-10-22(23)44-7)27-29(32(41)43)39(6)31(42)21-12-35-17(5)13-40(21)27/h8-11,14-17,21,35H,12-13H2,1-7H3/t17-,21-/m1/s1/i6D3. The zero-order valence-electron chi connectivity index (χ0n) is 28.3. The van der Waals surface area contributed by atoms with Gasteiger partial charge in [-0.05, 0) is 37.0 Å². The van der Waals surface area contributed by atoms with E-state index in [1.807, 2.05) is 34.6 Å². The lowest BCUT2D eigenvalue weighted by atomic mass is 9.98. The van der Waals surface area contributed by atoms with E-state index in [0.717, 1.165) is 16.7 Å². The van der Waals surface area contributed by atoms with E-state index in [1.54, 1.807) is 4.90 Å². The summed E-state index contributed by atoms with van der Waals surface area (Å²) in [5, 5.41) is 3.26. The van der Waals surface area contributed by atoms with Gasteiger partial charge in [0.25, 0.3) is 11.5 Å². The van der Waals surface area contributed by atoms with Crippen molar-refractivity contribution in [3.63, 3.8) is 0 Å². The Hall–Kier alpha value is -4.45. The third-order valence-corrected chi connectivity index (χ3v) is 8.20. The van der Waals surface area contributed by atoms with Crippen molar-refractivity contribution in [2.75, 3.05) is 37.0 Å². The van der Waals surface area contributed by atoms with Gasteiger partial charge in [-0.1, -0.05) is 33.8 Å². The van der Waals surface area contributed by atoms with Gasteiger partial charge in [-0.3, -0.25) is 14.2 Å². The molecule has 1 N–H and O–H groups in total. The molecular formula is C32H35F2N7O3. The fourth-order valence-electron chi connectivity index (χ4n) is 6.15. The summed E-state index contributed by atoms with van der Waals surface area (Å²) < 4.78 is 63.5. The smallest absolute Gasteiger partial charge is 0.283 e. The maximum atomic E-state index is 16.4. The van der Waals surface area contributed by atoms with Crippen molar-refractivity contribution in [1.29, 1.82) is 0 Å². The van der Waals surface area contributed by atoms with Crippen molar-refractivity contribution in [2.45, 2.75) is 58.5 Å². The lowest BCUT2D eigenvalue weighted by molar-refractivity contribution is -0.120. The van der Waals surface area contributed by atoms with E-state index in [1.165, 1.54) is 25.6 Å². The van der Waals surface area contributed by atoms with Crippen LogP contribution in [0.2, 0.25) is 0 Å². The van der Waals surface area contributed by atoms with E-state index in [4.69, 9.17) is 8.85 Å². The number of nitrogens with one attached hydrogen (secondary N) is 1. The van der Waals surface area contributed by atoms with Crippen molar-refractivity contribution >= 4 is 28.3 Å². The average Bonchev–Trinajstić information content (AvgIpc) is 3.00. The van der Waals surface area contributed by atoms with E-state index < -0.39 is 47.5 Å². The Balaban J connectivity index is 1.87. The molecule has 44 heavy (non-hydrogen) atoms. The SMILES string of the molecule is [2H]C([2H])([2H])N1C(=O)[C@H]2CN[C@H](C)CN2c2c1c(=O)n(-c1c(C(C)C)ncnc1C(C)C)c1nc(-c3c(F)cccc3OC)c(F)cc21. The van der Waals surface area contributed by atoms with Crippen molar-refractivity contribution in [3.05, 3.63) is 64.0 Å². The number of likely N-dealkylation sites (N-methyl/N-ethyl adjacent to an activating group) is 1. The first-order chi connectivity index (χ1) is 22.2. The molecule has 0 radical (unpaired) electrons. The minimum Gasteiger partial charge on any atom is -0.496 e. The van der Waals surface area contributed by atoms with Gasteiger partial charge in [-0.25, -0.2) is 23.7 Å². The summed E-state index contributed by atoms with van der Waals surface area (Å²) in [6.45, 7) is 6.61. The Kier molecular flexibility index (Phi) is 6.45. The second-order valence-corrected chi connectivity index (χ2v) is 11.8. The van der Waals surface area contributed by atoms with Crippen molar-refractivity contribution < 1.29 is 22.4 Å². The quantitative estimate of drug-likeness (QED) is 0.354. The summed E-state index contributed by atoms with van der Waals surface area (Å²) in [6, 6.07) is 3.99. The van der Waals surface area contributed by atoms with Crippen LogP contribution >= 0.6 is 0 Å². The molecule has 1 saturated heterocycles. The number of rotatable bonds is 5. The van der Waals surface area contributed by atoms with Gasteiger partial charge in [0.1, 0.15) is 35.3 Å². The minimum absolute atomic E-state index is 0.0200. The number of piperazine rings is 1. The number of benzene rings is 1. The first kappa shape index (κ1) is 26.0. The number of amides is 1. The van der Waals surface area contributed by atoms with Gasteiger partial charge in [0, 0.05) is 35.6 Å². The molecule has 1 fully saturated rings. The predicted octanol–water partition coefficient (Wildman–Crippen LogP) is 4.52. The zero-order chi connectivity index (χ0) is 34.1. The topological polar surface area (TPSA) is 105 Å². The monoisotopic (exact) mass is 606 g/mol. The van der Waals surface area contributed by atoms with Gasteiger partial charge in [-0.15, -0.1) is 0 Å². The molecule has 6 rings (SSSR count). The fraction of sp³-hybridized carbons (Fsp3) is 0.406. The summed E-state index contributed by atoms with van der Waals surface area (Å²) in [4.78, 5) is 44.8. The number of halogens is 2. The molecule has 2 aliphatic heterocycles. The highest BCUT2D eigenvalue weighted by Gasteiger charge is 2.43. The molecule has 5 heterocycles. The van der Waals surface area contributed by atoms with Crippen LogP contribution in [-0.4, -0.2) is 64.7 Å². The maximum Gasteiger partial charge on any atom is 0.283 e. The van der Waals surface area contributed by atoms with Crippen molar-refractivity contribution in [1.82, 2.24) is 24.8 Å². The number of anilines is 2. The van der Waals surface area contributed by atoms with Gasteiger partial charge in [0.05, 0.1) is 35.4 Å². The third kappa shape index (κ3) is 4.42. The highest BCUT2D eigenvalue weighted by atomic mass is 19.1. The highest BCUT2D eigenvalue weighted by molar-refractivity contribution is 6.11. The summed E-state index contributed by atoms with van der Waals surface area (Å²) >= 11 is 0. The number of carbonyl (C=O) groups is 1. The molecule has 10 nitrogen and oxygen atoms in total. The molecule has 230 valence electrons. The summed E-state index contributed by atoms with van der Waals surface area (Å²) in [6.07, 6.45) is 1.38. The predicted molar refractivity (Wildman–Crippen MR) is 165 cm³/mol. The first-order valence-corrected chi connectivity index (χ1v) is 14.5. The number of carbonyl (C=O) groups excluding carboxylic acids is 1.